The standard InChI is InChI=1S/C22H27N5O2S/c1-5-11-27-21(23)24-25-22(27)30-14-20(28)19-13-15(2)26(16(19)3)12-10-17-6-8-18(29-4)9-7-17/h5-9,13H,1,10-12,14H2,2-4H3,(H2,23,24). The number of rotatable bonds is 10. The van der Waals surface area contributed by atoms with E-state index in [1.165, 1.54) is 17.3 Å². The van der Waals surface area contributed by atoms with Crippen LogP contribution in [0.2, 0.25) is 0 Å². The molecule has 3 aromatic rings. The molecule has 2 aromatic heterocycles. The number of methoxy groups -OCH3 is 1. The molecule has 0 saturated heterocycles. The van der Waals surface area contributed by atoms with Crippen molar-refractivity contribution >= 4 is 23.5 Å². The van der Waals surface area contributed by atoms with E-state index in [0.29, 0.717) is 17.6 Å². The average Bonchev–Trinajstić information content (AvgIpc) is 3.24. The first-order chi connectivity index (χ1) is 14.4. The van der Waals surface area contributed by atoms with Crippen molar-refractivity contribution in [3.63, 3.8) is 0 Å². The van der Waals surface area contributed by atoms with Crippen molar-refractivity contribution in [1.82, 2.24) is 19.3 Å². The number of thioether (sulfide) groups is 1. The maximum atomic E-state index is 12.9. The first kappa shape index (κ1) is 21.7. The number of hydrogen-bond acceptors (Lipinski definition) is 6. The first-order valence-corrected chi connectivity index (χ1v) is 10.7. The fourth-order valence-corrected chi connectivity index (χ4v) is 4.21. The zero-order chi connectivity index (χ0) is 21.7. The number of aromatic nitrogens is 4. The third-order valence-corrected chi connectivity index (χ3v) is 6.01. The molecule has 3 rings (SSSR count). The molecule has 2 heterocycles. The van der Waals surface area contributed by atoms with Crippen LogP contribution in [0.5, 0.6) is 5.75 Å². The predicted molar refractivity (Wildman–Crippen MR) is 120 cm³/mol. The highest BCUT2D eigenvalue weighted by Crippen LogP contribution is 2.23. The number of nitrogens with zero attached hydrogens (tertiary/aromatic N) is 4. The third-order valence-electron chi connectivity index (χ3n) is 5.05. The molecule has 0 aliphatic carbocycles. The summed E-state index contributed by atoms with van der Waals surface area (Å²) in [6.07, 6.45) is 2.61. The van der Waals surface area contributed by atoms with Crippen molar-refractivity contribution in [2.24, 2.45) is 0 Å². The number of ketones is 1. The number of aryl methyl sites for hydroxylation is 2. The van der Waals surface area contributed by atoms with Gasteiger partial charge in [-0.3, -0.25) is 9.36 Å². The molecule has 7 nitrogen and oxygen atoms in total. The number of carbonyl (C=O) groups is 1. The van der Waals surface area contributed by atoms with Gasteiger partial charge in [-0.05, 0) is 44.0 Å². The van der Waals surface area contributed by atoms with Crippen LogP contribution in [0.15, 0.2) is 48.1 Å². The predicted octanol–water partition coefficient (Wildman–Crippen LogP) is 3.69. The molecule has 1 aromatic carbocycles. The van der Waals surface area contributed by atoms with Gasteiger partial charge in [-0.1, -0.05) is 30.0 Å². The van der Waals surface area contributed by atoms with E-state index in [0.717, 1.165) is 35.7 Å². The molecule has 0 atom stereocenters. The molecule has 0 aliphatic heterocycles. The van der Waals surface area contributed by atoms with Crippen molar-refractivity contribution in [2.75, 3.05) is 18.6 Å². The van der Waals surface area contributed by atoms with E-state index in [1.807, 2.05) is 32.0 Å². The van der Waals surface area contributed by atoms with Crippen LogP contribution in [0.3, 0.4) is 0 Å². The summed E-state index contributed by atoms with van der Waals surface area (Å²) in [5.74, 6) is 1.51. The second kappa shape index (κ2) is 9.67. The van der Waals surface area contributed by atoms with Crippen molar-refractivity contribution in [1.29, 1.82) is 0 Å². The number of nitrogen functional groups attached to an aromatic ring is 1. The monoisotopic (exact) mass is 425 g/mol. The Bertz CT molecular complexity index is 1040. The molecule has 0 saturated carbocycles. The highest BCUT2D eigenvalue weighted by molar-refractivity contribution is 7.99. The van der Waals surface area contributed by atoms with Crippen molar-refractivity contribution < 1.29 is 9.53 Å². The van der Waals surface area contributed by atoms with Crippen LogP contribution in [0, 0.1) is 13.8 Å². The normalized spacial score (nSPS) is 10.9. The van der Waals surface area contributed by atoms with Gasteiger partial charge in [0.25, 0.3) is 0 Å². The molecule has 0 fully saturated rings. The lowest BCUT2D eigenvalue weighted by Crippen LogP contribution is -2.09. The molecule has 0 unspecified atom stereocenters. The number of allylic oxidation sites excluding steroid dienone is 1. The van der Waals surface area contributed by atoms with Crippen molar-refractivity contribution in [3.8, 4) is 5.75 Å². The Morgan fingerprint density at radius 3 is 2.63 bits per heavy atom. The average molecular weight is 426 g/mol. The smallest absolute Gasteiger partial charge is 0.222 e. The van der Waals surface area contributed by atoms with Gasteiger partial charge >= 0.3 is 0 Å². The number of Topliss-reactive ketones (excluding diaryl/α,β-unsaturated/α-hetero) is 1. The van der Waals surface area contributed by atoms with Gasteiger partial charge < -0.3 is 15.0 Å². The van der Waals surface area contributed by atoms with Gasteiger partial charge in [-0.15, -0.1) is 16.8 Å². The van der Waals surface area contributed by atoms with Gasteiger partial charge in [0.2, 0.25) is 5.95 Å². The summed E-state index contributed by atoms with van der Waals surface area (Å²) in [6.45, 7) is 9.07. The number of carbonyl (C=O) groups excluding carboxylic acids is 1. The minimum Gasteiger partial charge on any atom is -0.497 e. The van der Waals surface area contributed by atoms with Crippen LogP contribution in [-0.4, -0.2) is 38.0 Å². The SMILES string of the molecule is C=CCn1c(N)nnc1SCC(=O)c1cc(C)n(CCc2ccc(OC)cc2)c1C. The summed E-state index contributed by atoms with van der Waals surface area (Å²) >= 11 is 1.34. The zero-order valence-electron chi connectivity index (χ0n) is 17.6. The first-order valence-electron chi connectivity index (χ1n) is 9.69. The van der Waals surface area contributed by atoms with Gasteiger partial charge in [-0.2, -0.15) is 0 Å². The van der Waals surface area contributed by atoms with E-state index < -0.39 is 0 Å². The van der Waals surface area contributed by atoms with E-state index in [-0.39, 0.29) is 11.5 Å². The number of nitrogens with two attached hydrogens (primary N) is 1. The van der Waals surface area contributed by atoms with E-state index >= 15 is 0 Å². The third kappa shape index (κ3) is 4.76. The quantitative estimate of drug-likeness (QED) is 0.303. The molecule has 30 heavy (non-hydrogen) atoms. The van der Waals surface area contributed by atoms with E-state index in [2.05, 4.69) is 33.5 Å². The second-order valence-electron chi connectivity index (χ2n) is 6.99. The van der Waals surface area contributed by atoms with Crippen LogP contribution >= 0.6 is 11.8 Å². The molecule has 0 radical (unpaired) electrons. The minimum atomic E-state index is 0.0653. The van der Waals surface area contributed by atoms with E-state index in [4.69, 9.17) is 10.5 Å². The van der Waals surface area contributed by atoms with Gasteiger partial charge in [-0.25, -0.2) is 0 Å². The van der Waals surface area contributed by atoms with Crippen LogP contribution in [0.4, 0.5) is 5.95 Å². The largest absolute Gasteiger partial charge is 0.497 e. The lowest BCUT2D eigenvalue weighted by Gasteiger charge is -2.10. The Balaban J connectivity index is 1.66. The van der Waals surface area contributed by atoms with Crippen molar-refractivity contribution in [3.05, 3.63) is 65.5 Å². The molecule has 8 heteroatoms. The highest BCUT2D eigenvalue weighted by Gasteiger charge is 2.18. The summed E-state index contributed by atoms with van der Waals surface area (Å²) in [7, 11) is 1.66. The van der Waals surface area contributed by atoms with Crippen molar-refractivity contribution in [2.45, 2.75) is 38.5 Å². The summed E-state index contributed by atoms with van der Waals surface area (Å²) in [5, 5.41) is 8.56. The van der Waals surface area contributed by atoms with Gasteiger partial charge in [0.1, 0.15) is 5.75 Å². The molecular weight excluding hydrogens is 398 g/mol. The van der Waals surface area contributed by atoms with E-state index in [9.17, 15) is 4.79 Å². The van der Waals surface area contributed by atoms with Crippen LogP contribution in [0.1, 0.15) is 27.3 Å². The lowest BCUT2D eigenvalue weighted by atomic mass is 10.1. The van der Waals surface area contributed by atoms with E-state index in [1.54, 1.807) is 17.8 Å². The number of anilines is 1. The summed E-state index contributed by atoms with van der Waals surface area (Å²) in [5.41, 5.74) is 9.86. The Kier molecular flexibility index (Phi) is 6.99. The van der Waals surface area contributed by atoms with Gasteiger partial charge in [0.05, 0.1) is 12.9 Å². The molecular formula is C22H27N5O2S. The number of benzene rings is 1. The number of ether oxygens (including phenoxy) is 1. The topological polar surface area (TPSA) is 88.0 Å². The summed E-state index contributed by atoms with van der Waals surface area (Å²) in [4.78, 5) is 12.9. The lowest BCUT2D eigenvalue weighted by molar-refractivity contribution is 0.102. The van der Waals surface area contributed by atoms with Gasteiger partial charge in [0, 0.05) is 30.0 Å². The summed E-state index contributed by atoms with van der Waals surface area (Å²) < 4.78 is 9.14. The van der Waals surface area contributed by atoms with Crippen LogP contribution < -0.4 is 10.5 Å². The molecule has 0 bridgehead atoms. The number of hydrogen-bond donors (Lipinski definition) is 1. The molecule has 0 spiro atoms. The Hall–Kier alpha value is -3.00. The Labute approximate surface area is 180 Å². The highest BCUT2D eigenvalue weighted by atomic mass is 32.2. The fraction of sp³-hybridized carbons (Fsp3) is 0.318. The molecule has 2 N–H and O–H groups in total. The molecule has 158 valence electrons. The maximum Gasteiger partial charge on any atom is 0.222 e. The molecule has 0 amide bonds. The zero-order valence-corrected chi connectivity index (χ0v) is 18.4. The second-order valence-corrected chi connectivity index (χ2v) is 7.93. The Morgan fingerprint density at radius 1 is 1.23 bits per heavy atom. The molecule has 0 aliphatic rings. The van der Waals surface area contributed by atoms with Gasteiger partial charge in [0.15, 0.2) is 10.9 Å². The Morgan fingerprint density at radius 2 is 1.97 bits per heavy atom. The van der Waals surface area contributed by atoms with Crippen LogP contribution in [-0.2, 0) is 19.5 Å². The van der Waals surface area contributed by atoms with Crippen LogP contribution in [0.25, 0.3) is 0 Å². The summed E-state index contributed by atoms with van der Waals surface area (Å²) in [6, 6.07) is 10.0. The fourth-order valence-electron chi connectivity index (χ4n) is 3.38. The maximum absolute atomic E-state index is 12.9. The minimum absolute atomic E-state index is 0.0653.